The standard InChI is InChI=1S/C25H36.2C2H6.CH4/c1-17-7-11-23(3)19(15-17)5-6-20-21(23)9-12-24(4)22(20)10-14-25(24)13-8-18(2)16-25;2*1-2;/h15,20-22H,1-2,5-14,16H2,3-4H3;2*1-2H3;1H4/t20?,21?,22?,23?,24?,25-;;;/m1.../s1. The lowest BCUT2D eigenvalue weighted by Gasteiger charge is -2.60. The molecule has 0 aromatic rings. The minimum absolute atomic E-state index is 0. The van der Waals surface area contributed by atoms with Crippen LogP contribution in [-0.4, -0.2) is 0 Å². The molecule has 172 valence electrons. The molecule has 0 heterocycles. The van der Waals surface area contributed by atoms with Crippen LogP contribution in [0.3, 0.4) is 0 Å². The molecule has 0 aromatic heterocycles. The van der Waals surface area contributed by atoms with E-state index >= 15 is 0 Å². The first-order valence-corrected chi connectivity index (χ1v) is 12.9. The van der Waals surface area contributed by atoms with Gasteiger partial charge in [0, 0.05) is 0 Å². The van der Waals surface area contributed by atoms with E-state index in [0.717, 1.165) is 17.8 Å². The summed E-state index contributed by atoms with van der Waals surface area (Å²) in [7, 11) is 0. The second kappa shape index (κ2) is 9.38. The second-order valence-corrected chi connectivity index (χ2v) is 10.9. The Morgan fingerprint density at radius 3 is 2.10 bits per heavy atom. The molecule has 0 aromatic carbocycles. The van der Waals surface area contributed by atoms with Gasteiger partial charge in [-0.25, -0.2) is 0 Å². The maximum Gasteiger partial charge on any atom is -0.00790 e. The zero-order valence-electron chi connectivity index (χ0n) is 20.5. The third-order valence-electron chi connectivity index (χ3n) is 10.2. The van der Waals surface area contributed by atoms with Gasteiger partial charge >= 0.3 is 0 Å². The summed E-state index contributed by atoms with van der Waals surface area (Å²) in [6.07, 6.45) is 18.0. The monoisotopic (exact) mass is 412 g/mol. The van der Waals surface area contributed by atoms with Crippen LogP contribution in [0, 0.1) is 34.0 Å². The molecular formula is C30H52. The van der Waals surface area contributed by atoms with Crippen LogP contribution in [0.1, 0.15) is 120 Å². The molecule has 5 aliphatic carbocycles. The van der Waals surface area contributed by atoms with Crippen LogP contribution in [0.5, 0.6) is 0 Å². The highest BCUT2D eigenvalue weighted by atomic mass is 14.7. The summed E-state index contributed by atoms with van der Waals surface area (Å²) in [5, 5.41) is 0. The fourth-order valence-electron chi connectivity index (χ4n) is 8.65. The van der Waals surface area contributed by atoms with Gasteiger partial charge in [0.25, 0.3) is 0 Å². The molecule has 0 heteroatoms. The van der Waals surface area contributed by atoms with Crippen LogP contribution in [0.25, 0.3) is 0 Å². The molecule has 4 fully saturated rings. The Morgan fingerprint density at radius 1 is 0.800 bits per heavy atom. The van der Waals surface area contributed by atoms with E-state index in [4.69, 9.17) is 0 Å². The van der Waals surface area contributed by atoms with Crippen molar-refractivity contribution in [1.29, 1.82) is 0 Å². The molecule has 5 unspecified atom stereocenters. The molecular weight excluding hydrogens is 360 g/mol. The van der Waals surface area contributed by atoms with E-state index in [0.29, 0.717) is 16.2 Å². The smallest absolute Gasteiger partial charge is 0.00790 e. The van der Waals surface area contributed by atoms with Gasteiger partial charge in [0.15, 0.2) is 0 Å². The molecule has 0 aliphatic heterocycles. The Balaban J connectivity index is 0.000000607. The van der Waals surface area contributed by atoms with Gasteiger partial charge in [-0.2, -0.15) is 0 Å². The van der Waals surface area contributed by atoms with Gasteiger partial charge in [-0.05, 0) is 105 Å². The third kappa shape index (κ3) is 3.59. The highest BCUT2D eigenvalue weighted by molar-refractivity contribution is 5.33. The highest BCUT2D eigenvalue weighted by Crippen LogP contribution is 2.73. The summed E-state index contributed by atoms with van der Waals surface area (Å²) < 4.78 is 0. The topological polar surface area (TPSA) is 0 Å². The van der Waals surface area contributed by atoms with Crippen LogP contribution in [-0.2, 0) is 0 Å². The lowest BCUT2D eigenvalue weighted by molar-refractivity contribution is -0.0768. The molecule has 1 spiro atoms. The van der Waals surface area contributed by atoms with E-state index < -0.39 is 0 Å². The lowest BCUT2D eigenvalue weighted by atomic mass is 9.45. The molecule has 0 N–H and O–H groups in total. The quantitative estimate of drug-likeness (QED) is 0.347. The maximum absolute atomic E-state index is 4.38. The number of rotatable bonds is 0. The predicted molar refractivity (Wildman–Crippen MR) is 136 cm³/mol. The first kappa shape index (κ1) is 25.5. The Hall–Kier alpha value is -0.780. The van der Waals surface area contributed by atoms with Gasteiger partial charge in [-0.15, -0.1) is 0 Å². The Morgan fingerprint density at radius 2 is 1.47 bits per heavy atom. The van der Waals surface area contributed by atoms with E-state index in [1.54, 1.807) is 11.1 Å². The number of hydrogen-bond donors (Lipinski definition) is 0. The minimum atomic E-state index is 0. The number of fused-ring (bicyclic) bond motifs is 6. The molecule has 30 heavy (non-hydrogen) atoms. The van der Waals surface area contributed by atoms with Gasteiger partial charge in [-0.3, -0.25) is 0 Å². The summed E-state index contributed by atoms with van der Waals surface area (Å²) in [6.45, 7) is 22.0. The van der Waals surface area contributed by atoms with Gasteiger partial charge in [0.05, 0.1) is 0 Å². The van der Waals surface area contributed by atoms with Crippen LogP contribution < -0.4 is 0 Å². The average molecular weight is 413 g/mol. The van der Waals surface area contributed by atoms with Crippen molar-refractivity contribution in [3.05, 3.63) is 36.0 Å². The number of hydrogen-bond acceptors (Lipinski definition) is 0. The van der Waals surface area contributed by atoms with Crippen LogP contribution >= 0.6 is 0 Å². The van der Waals surface area contributed by atoms with Crippen molar-refractivity contribution in [2.24, 2.45) is 34.0 Å². The second-order valence-electron chi connectivity index (χ2n) is 10.9. The molecule has 0 radical (unpaired) electrons. The van der Waals surface area contributed by atoms with Crippen molar-refractivity contribution in [3.63, 3.8) is 0 Å². The molecule has 0 amide bonds. The zero-order valence-corrected chi connectivity index (χ0v) is 20.5. The maximum atomic E-state index is 4.38. The fraction of sp³-hybridized carbons (Fsp3) is 0.800. The van der Waals surface area contributed by atoms with Gasteiger partial charge in [-0.1, -0.05) is 84.9 Å². The van der Waals surface area contributed by atoms with E-state index in [2.05, 4.69) is 33.1 Å². The van der Waals surface area contributed by atoms with Crippen molar-refractivity contribution in [1.82, 2.24) is 0 Å². The van der Waals surface area contributed by atoms with Crippen LogP contribution in [0.15, 0.2) is 36.0 Å². The van der Waals surface area contributed by atoms with Gasteiger partial charge < -0.3 is 0 Å². The highest BCUT2D eigenvalue weighted by Gasteiger charge is 2.64. The summed E-state index contributed by atoms with van der Waals surface area (Å²) >= 11 is 0. The SMILES string of the molecule is C.C=C1C=C2CCC3C(CCC4(C)C3CC[C@@]43CCC(=C)C3)C2(C)CC1.CC.CC. The summed E-state index contributed by atoms with van der Waals surface area (Å²) in [4.78, 5) is 0. The largest absolute Gasteiger partial charge is 0.0998 e. The van der Waals surface area contributed by atoms with Gasteiger partial charge in [0.2, 0.25) is 0 Å². The molecule has 0 nitrogen and oxygen atoms in total. The first-order chi connectivity index (χ1) is 13.9. The Bertz CT molecular complexity index is 666. The molecule has 0 saturated heterocycles. The van der Waals surface area contributed by atoms with E-state index in [-0.39, 0.29) is 7.43 Å². The molecule has 5 rings (SSSR count). The summed E-state index contributed by atoms with van der Waals surface area (Å²) in [6, 6.07) is 0. The molecule has 4 saturated carbocycles. The van der Waals surface area contributed by atoms with Crippen LogP contribution in [0.4, 0.5) is 0 Å². The first-order valence-electron chi connectivity index (χ1n) is 12.9. The Labute approximate surface area is 189 Å². The molecule has 5 aliphatic rings. The molecule has 6 atom stereocenters. The summed E-state index contributed by atoms with van der Waals surface area (Å²) in [5.74, 6) is 2.92. The van der Waals surface area contributed by atoms with E-state index in [1.807, 2.05) is 27.7 Å². The third-order valence-corrected chi connectivity index (χ3v) is 10.2. The van der Waals surface area contributed by atoms with Gasteiger partial charge in [0.1, 0.15) is 0 Å². The van der Waals surface area contributed by atoms with E-state index in [1.165, 1.54) is 76.2 Å². The Kier molecular flexibility index (Phi) is 7.96. The molecule has 0 bridgehead atoms. The van der Waals surface area contributed by atoms with Crippen LogP contribution in [0.2, 0.25) is 0 Å². The predicted octanol–water partition coefficient (Wildman–Crippen LogP) is 9.92. The van der Waals surface area contributed by atoms with Crippen molar-refractivity contribution in [2.45, 2.75) is 120 Å². The van der Waals surface area contributed by atoms with Crippen molar-refractivity contribution in [3.8, 4) is 0 Å². The van der Waals surface area contributed by atoms with E-state index in [9.17, 15) is 0 Å². The lowest BCUT2D eigenvalue weighted by Crippen LogP contribution is -2.52. The normalized spacial score (nSPS) is 43.7. The zero-order chi connectivity index (χ0) is 21.4. The number of allylic oxidation sites excluding steroid dienone is 4. The minimum Gasteiger partial charge on any atom is -0.0998 e. The van der Waals surface area contributed by atoms with Crippen molar-refractivity contribution in [2.75, 3.05) is 0 Å². The average Bonchev–Trinajstić information content (AvgIpc) is 3.26. The van der Waals surface area contributed by atoms with Crippen molar-refractivity contribution >= 4 is 0 Å². The van der Waals surface area contributed by atoms with Crippen molar-refractivity contribution < 1.29 is 0 Å². The summed E-state index contributed by atoms with van der Waals surface area (Å²) in [5.41, 5.74) is 6.41. The fourth-order valence-corrected chi connectivity index (χ4v) is 8.65.